The molecule has 1 aromatic rings. The van der Waals surface area contributed by atoms with Crippen molar-refractivity contribution in [2.24, 2.45) is 0 Å². The van der Waals surface area contributed by atoms with E-state index in [1.165, 1.54) is 0 Å². The van der Waals surface area contributed by atoms with Crippen LogP contribution >= 0.6 is 0 Å². The molecule has 1 fully saturated rings. The molecule has 1 saturated heterocycles. The zero-order chi connectivity index (χ0) is 12.3. The van der Waals surface area contributed by atoms with Crippen LogP contribution in [0.4, 0.5) is 0 Å². The molecule has 0 radical (unpaired) electrons. The van der Waals surface area contributed by atoms with Crippen LogP contribution in [0, 0.1) is 6.92 Å². The lowest BCUT2D eigenvalue weighted by Crippen LogP contribution is -2.43. The maximum absolute atomic E-state index is 12.0. The number of nitrogens with one attached hydrogen (secondary N) is 2. The first-order chi connectivity index (χ1) is 8.08. The molecule has 0 amide bonds. The summed E-state index contributed by atoms with van der Waals surface area (Å²) in [4.78, 5) is 0. The first kappa shape index (κ1) is 12.5. The van der Waals surface area contributed by atoms with Crippen molar-refractivity contribution in [1.29, 1.82) is 0 Å². The van der Waals surface area contributed by atoms with Gasteiger partial charge in [0.05, 0.1) is 17.5 Å². The molecule has 1 aromatic heterocycles. The minimum absolute atomic E-state index is 0.166. The summed E-state index contributed by atoms with van der Waals surface area (Å²) < 4.78 is 31.4. The molecule has 0 aliphatic carbocycles. The number of nitrogens with zero attached hydrogens (tertiary/aromatic N) is 1. The molecule has 0 aromatic carbocycles. The number of rotatable bonds is 4. The molecule has 6 nitrogen and oxygen atoms in total. The Balaban J connectivity index is 1.92. The Bertz CT molecular complexity index is 463. The van der Waals surface area contributed by atoms with Crippen LogP contribution in [0.2, 0.25) is 0 Å². The maximum Gasteiger partial charge on any atom is 0.216 e. The van der Waals surface area contributed by atoms with Gasteiger partial charge >= 0.3 is 0 Å². The fourth-order valence-electron chi connectivity index (χ4n) is 1.87. The Morgan fingerprint density at radius 1 is 1.65 bits per heavy atom. The lowest BCUT2D eigenvalue weighted by Gasteiger charge is -2.22. The predicted octanol–water partition coefficient (Wildman–Crippen LogP) is 0.154. The van der Waals surface area contributed by atoms with Crippen LogP contribution in [-0.2, 0) is 16.6 Å². The highest BCUT2D eigenvalue weighted by Gasteiger charge is 2.26. The Hall–Kier alpha value is -0.920. The maximum atomic E-state index is 12.0. The number of sulfonamides is 1. The summed E-state index contributed by atoms with van der Waals surface area (Å²) in [6.07, 6.45) is 1.60. The zero-order valence-electron chi connectivity index (χ0n) is 9.77. The number of aryl methyl sites for hydroxylation is 1. The van der Waals surface area contributed by atoms with E-state index in [9.17, 15) is 8.42 Å². The van der Waals surface area contributed by atoms with Crippen molar-refractivity contribution in [3.63, 3.8) is 0 Å². The first-order valence-electron chi connectivity index (χ1n) is 5.69. The Labute approximate surface area is 101 Å². The van der Waals surface area contributed by atoms with Gasteiger partial charge in [-0.2, -0.15) is 0 Å². The first-order valence-corrected chi connectivity index (χ1v) is 7.24. The molecule has 0 bridgehead atoms. The standard InChI is InChI=1S/C10H17N3O3S/c1-8-5-9(16-13-8)6-12-17(14,15)10-3-2-4-11-7-10/h5,10-12H,2-4,6-7H2,1H3. The fourth-order valence-corrected chi connectivity index (χ4v) is 3.27. The van der Waals surface area contributed by atoms with Gasteiger partial charge in [0.1, 0.15) is 0 Å². The highest BCUT2D eigenvalue weighted by Crippen LogP contribution is 2.11. The van der Waals surface area contributed by atoms with Gasteiger partial charge < -0.3 is 9.84 Å². The van der Waals surface area contributed by atoms with Crippen LogP contribution in [0.25, 0.3) is 0 Å². The van der Waals surface area contributed by atoms with Gasteiger partial charge in [-0.1, -0.05) is 5.16 Å². The topological polar surface area (TPSA) is 84.2 Å². The van der Waals surface area contributed by atoms with Crippen molar-refractivity contribution in [3.8, 4) is 0 Å². The molecule has 7 heteroatoms. The quantitative estimate of drug-likeness (QED) is 0.804. The van der Waals surface area contributed by atoms with Crippen molar-refractivity contribution in [2.75, 3.05) is 13.1 Å². The highest BCUT2D eigenvalue weighted by atomic mass is 32.2. The summed E-state index contributed by atoms with van der Waals surface area (Å²) in [5, 5.41) is 6.45. The van der Waals surface area contributed by atoms with Crippen LogP contribution in [0.5, 0.6) is 0 Å². The molecule has 0 saturated carbocycles. The van der Waals surface area contributed by atoms with Crippen LogP contribution in [0.3, 0.4) is 0 Å². The molecular weight excluding hydrogens is 242 g/mol. The van der Waals surface area contributed by atoms with Crippen LogP contribution < -0.4 is 10.0 Å². The zero-order valence-corrected chi connectivity index (χ0v) is 10.6. The summed E-state index contributed by atoms with van der Waals surface area (Å²) in [6.45, 7) is 3.38. The second-order valence-corrected chi connectivity index (χ2v) is 6.31. The average Bonchev–Trinajstić information content (AvgIpc) is 2.74. The Kier molecular flexibility index (Phi) is 3.80. The molecule has 2 rings (SSSR count). The van der Waals surface area contributed by atoms with Crippen molar-refractivity contribution in [2.45, 2.75) is 31.6 Å². The van der Waals surface area contributed by atoms with Crippen molar-refractivity contribution < 1.29 is 12.9 Å². The fraction of sp³-hybridized carbons (Fsp3) is 0.700. The molecule has 1 aliphatic rings. The van der Waals surface area contributed by atoms with E-state index in [4.69, 9.17) is 4.52 Å². The van der Waals surface area contributed by atoms with Gasteiger partial charge in [0.2, 0.25) is 10.0 Å². The second-order valence-electron chi connectivity index (χ2n) is 4.27. The van der Waals surface area contributed by atoms with Crippen molar-refractivity contribution in [3.05, 3.63) is 17.5 Å². The summed E-state index contributed by atoms with van der Waals surface area (Å²) in [5.41, 5.74) is 0.749. The van der Waals surface area contributed by atoms with E-state index in [0.29, 0.717) is 18.7 Å². The van der Waals surface area contributed by atoms with Crippen molar-refractivity contribution in [1.82, 2.24) is 15.2 Å². The Morgan fingerprint density at radius 3 is 3.06 bits per heavy atom. The third-order valence-corrected chi connectivity index (χ3v) is 4.64. The summed E-state index contributed by atoms with van der Waals surface area (Å²) in [6, 6.07) is 1.72. The normalized spacial score (nSPS) is 21.6. The summed E-state index contributed by atoms with van der Waals surface area (Å²) in [5.74, 6) is 0.537. The van der Waals surface area contributed by atoms with Gasteiger partial charge in [0.25, 0.3) is 0 Å². The van der Waals surface area contributed by atoms with E-state index < -0.39 is 10.0 Å². The summed E-state index contributed by atoms with van der Waals surface area (Å²) in [7, 11) is -3.27. The van der Waals surface area contributed by atoms with E-state index in [2.05, 4.69) is 15.2 Å². The highest BCUT2D eigenvalue weighted by molar-refractivity contribution is 7.90. The number of hydrogen-bond donors (Lipinski definition) is 2. The monoisotopic (exact) mass is 259 g/mol. The van der Waals surface area contributed by atoms with Crippen LogP contribution in [-0.4, -0.2) is 31.9 Å². The van der Waals surface area contributed by atoms with Gasteiger partial charge in [-0.15, -0.1) is 0 Å². The molecule has 17 heavy (non-hydrogen) atoms. The Morgan fingerprint density at radius 2 is 2.47 bits per heavy atom. The molecule has 2 N–H and O–H groups in total. The predicted molar refractivity (Wildman–Crippen MR) is 62.9 cm³/mol. The van der Waals surface area contributed by atoms with Gasteiger partial charge in [0.15, 0.2) is 5.76 Å². The number of hydrogen-bond acceptors (Lipinski definition) is 5. The van der Waals surface area contributed by atoms with Gasteiger partial charge in [-0.05, 0) is 26.3 Å². The third-order valence-electron chi connectivity index (χ3n) is 2.81. The minimum atomic E-state index is -3.27. The lowest BCUT2D eigenvalue weighted by atomic mass is 10.2. The average molecular weight is 259 g/mol. The van der Waals surface area contributed by atoms with Gasteiger partial charge in [-0.25, -0.2) is 13.1 Å². The smallest absolute Gasteiger partial charge is 0.216 e. The van der Waals surface area contributed by atoms with Gasteiger partial charge in [0, 0.05) is 12.6 Å². The molecule has 1 atom stereocenters. The molecular formula is C10H17N3O3S. The molecule has 1 aliphatic heterocycles. The molecule has 1 unspecified atom stereocenters. The van der Waals surface area contributed by atoms with Crippen molar-refractivity contribution >= 4 is 10.0 Å². The summed E-state index contributed by atoms with van der Waals surface area (Å²) >= 11 is 0. The van der Waals surface area contributed by atoms with E-state index in [1.54, 1.807) is 13.0 Å². The van der Waals surface area contributed by atoms with E-state index in [1.807, 2.05) is 0 Å². The third kappa shape index (κ3) is 3.27. The largest absolute Gasteiger partial charge is 0.360 e. The number of aromatic nitrogens is 1. The number of piperidine rings is 1. The molecule has 2 heterocycles. The van der Waals surface area contributed by atoms with E-state index >= 15 is 0 Å². The van der Waals surface area contributed by atoms with E-state index in [-0.39, 0.29) is 11.8 Å². The van der Waals surface area contributed by atoms with Crippen LogP contribution in [0.15, 0.2) is 10.6 Å². The lowest BCUT2D eigenvalue weighted by molar-refractivity contribution is 0.376. The van der Waals surface area contributed by atoms with E-state index in [0.717, 1.165) is 18.7 Å². The molecule has 96 valence electrons. The SMILES string of the molecule is Cc1cc(CNS(=O)(=O)C2CCCNC2)on1. The van der Waals surface area contributed by atoms with Gasteiger partial charge in [-0.3, -0.25) is 0 Å². The molecule has 0 spiro atoms. The second kappa shape index (κ2) is 5.16. The van der Waals surface area contributed by atoms with Crippen LogP contribution in [0.1, 0.15) is 24.3 Å². The minimum Gasteiger partial charge on any atom is -0.360 e.